The molecule has 0 aromatic heterocycles. The summed E-state index contributed by atoms with van der Waals surface area (Å²) >= 11 is 4.49. The van der Waals surface area contributed by atoms with Crippen LogP contribution in [0, 0.1) is 5.41 Å². The molecule has 1 fully saturated rings. The van der Waals surface area contributed by atoms with Crippen LogP contribution >= 0.6 is 27.9 Å². The second-order valence-electron chi connectivity index (χ2n) is 24.0. The van der Waals surface area contributed by atoms with E-state index in [0.29, 0.717) is 35.5 Å². The summed E-state index contributed by atoms with van der Waals surface area (Å²) in [5.41, 5.74) is 8.35. The maximum atomic E-state index is 13.8. The van der Waals surface area contributed by atoms with Gasteiger partial charge in [0.1, 0.15) is 25.1 Å². The van der Waals surface area contributed by atoms with Gasteiger partial charge in [-0.25, -0.2) is 0 Å². The summed E-state index contributed by atoms with van der Waals surface area (Å²) in [5, 5.41) is 3.58. The maximum absolute atomic E-state index is 13.8. The van der Waals surface area contributed by atoms with Crippen molar-refractivity contribution in [1.82, 2.24) is 0 Å². The van der Waals surface area contributed by atoms with E-state index in [9.17, 15) is 23.7 Å². The molecule has 0 spiro atoms. The van der Waals surface area contributed by atoms with Crippen molar-refractivity contribution < 1.29 is 33.2 Å². The normalized spacial score (nSPS) is 15.5. The topological polar surface area (TPSA) is 104 Å². The Morgan fingerprint density at radius 1 is 0.385 bits per heavy atom. The fourth-order valence-electron chi connectivity index (χ4n) is 9.32. The molecule has 0 saturated carbocycles. The molecule has 7 nitrogen and oxygen atoms in total. The molecule has 1 heterocycles. The van der Waals surface area contributed by atoms with Crippen LogP contribution in [0.1, 0.15) is 76.2 Å². The minimum absolute atomic E-state index is 0.0591. The number of rotatable bonds is 25. The molecule has 1 aliphatic heterocycles. The van der Waals surface area contributed by atoms with Gasteiger partial charge in [0.25, 0.3) is 0 Å². The molecular formula is C86H95BrO7P2. The van der Waals surface area contributed by atoms with Crippen LogP contribution < -0.4 is 31.8 Å². The molecule has 6 aromatic carbocycles. The van der Waals surface area contributed by atoms with Crippen molar-refractivity contribution in [1.29, 1.82) is 0 Å². The van der Waals surface area contributed by atoms with Crippen LogP contribution in [-0.2, 0) is 33.2 Å². The van der Waals surface area contributed by atoms with Crippen molar-refractivity contribution in [2.45, 2.75) is 82.5 Å². The van der Waals surface area contributed by atoms with Crippen molar-refractivity contribution >= 4 is 84.9 Å². The number of benzene rings is 6. The molecular weight excluding hydrogens is 1290 g/mol. The van der Waals surface area contributed by atoms with Crippen molar-refractivity contribution in [2.24, 2.45) is 5.41 Å². The van der Waals surface area contributed by atoms with Gasteiger partial charge in [-0.3, -0.25) is 19.2 Å². The van der Waals surface area contributed by atoms with Crippen LogP contribution in [0.4, 0.5) is 0 Å². The number of carbonyl (C=O) groups is 4. The minimum Gasteiger partial charge on any atom is -0.309 e. The Kier molecular flexibility index (Phi) is 35.3. The molecule has 0 amide bonds. The fourth-order valence-corrected chi connectivity index (χ4v) is 19.1. The summed E-state index contributed by atoms with van der Waals surface area (Å²) < 4.78 is 26.0. The van der Waals surface area contributed by atoms with Gasteiger partial charge in [-0.05, 0) is 77.7 Å². The van der Waals surface area contributed by atoms with Crippen molar-refractivity contribution in [3.63, 3.8) is 0 Å². The van der Waals surface area contributed by atoms with Gasteiger partial charge in [0.05, 0.1) is 0 Å². The van der Waals surface area contributed by atoms with E-state index in [0.717, 1.165) is 75.1 Å². The van der Waals surface area contributed by atoms with E-state index in [1.165, 1.54) is 15.9 Å². The quantitative estimate of drug-likeness (QED) is 0.0185. The van der Waals surface area contributed by atoms with Gasteiger partial charge in [-0.2, -0.15) is 0 Å². The number of halogens is 1. The molecule has 0 unspecified atom stereocenters. The average molecular weight is 1380 g/mol. The van der Waals surface area contributed by atoms with Crippen molar-refractivity contribution in [2.75, 3.05) is 19.4 Å². The van der Waals surface area contributed by atoms with E-state index in [1.54, 1.807) is 52.0 Å². The zero-order valence-electron chi connectivity index (χ0n) is 57.6. The third-order valence-electron chi connectivity index (χ3n) is 14.9. The van der Waals surface area contributed by atoms with Gasteiger partial charge < -0.3 is 4.57 Å². The van der Waals surface area contributed by atoms with Crippen LogP contribution in [0.2, 0.25) is 0 Å². The van der Waals surface area contributed by atoms with E-state index in [1.807, 2.05) is 216 Å². The van der Waals surface area contributed by atoms with Gasteiger partial charge in [-0.15, -0.1) is 0 Å². The van der Waals surface area contributed by atoms with Crippen LogP contribution in [0.5, 0.6) is 0 Å². The molecule has 7 rings (SSSR count). The monoisotopic (exact) mass is 1380 g/mol. The zero-order valence-corrected chi connectivity index (χ0v) is 61.0. The first-order valence-corrected chi connectivity index (χ1v) is 38.1. The Morgan fingerprint density at radius 2 is 0.615 bits per heavy atom. The van der Waals surface area contributed by atoms with Gasteiger partial charge in [0.15, 0.2) is 7.14 Å². The first-order valence-electron chi connectivity index (χ1n) is 31.9. The molecule has 1 saturated heterocycles. The predicted octanol–water partition coefficient (Wildman–Crippen LogP) is 19.2. The molecule has 10 heteroatoms. The summed E-state index contributed by atoms with van der Waals surface area (Å²) in [6.07, 6.45) is 44.3. The van der Waals surface area contributed by atoms with Gasteiger partial charge in [0.2, 0.25) is 0 Å². The van der Waals surface area contributed by atoms with E-state index in [-0.39, 0.29) is 11.7 Å². The Labute approximate surface area is 581 Å². The van der Waals surface area contributed by atoms with Crippen molar-refractivity contribution in [3.8, 4) is 0 Å². The maximum Gasteiger partial charge on any atom is 0.171 e. The summed E-state index contributed by atoms with van der Waals surface area (Å²) in [7, 11) is -2.78. The molecule has 0 aliphatic carbocycles. The third kappa shape index (κ3) is 26.8. The molecule has 1 aliphatic rings. The van der Waals surface area contributed by atoms with Crippen molar-refractivity contribution in [3.05, 3.63) is 360 Å². The van der Waals surface area contributed by atoms with Crippen LogP contribution in [0.3, 0.4) is 0 Å². The third-order valence-corrected chi connectivity index (χ3v) is 27.5. The van der Waals surface area contributed by atoms with E-state index >= 15 is 0 Å². The molecule has 0 bridgehead atoms. The van der Waals surface area contributed by atoms with Crippen LogP contribution in [0.25, 0.3) is 0 Å². The van der Waals surface area contributed by atoms with Crippen LogP contribution in [0.15, 0.2) is 360 Å². The largest absolute Gasteiger partial charge is 0.309 e. The smallest absolute Gasteiger partial charge is 0.171 e. The Bertz CT molecular complexity index is 3540. The Hall–Kier alpha value is -8.84. The predicted molar refractivity (Wildman–Crippen MR) is 417 cm³/mol. The second kappa shape index (κ2) is 42.6. The average Bonchev–Trinajstić information content (AvgIpc) is 0.712. The molecule has 0 atom stereocenters. The Morgan fingerprint density at radius 3 is 0.854 bits per heavy atom. The summed E-state index contributed by atoms with van der Waals surface area (Å²) in [6, 6.07) is 61.7. The number of allylic oxidation sites excluding steroid dienone is 29. The number of hydrogen-bond acceptors (Lipinski definition) is 7. The van der Waals surface area contributed by atoms with E-state index in [4.69, 9.17) is 9.47 Å². The first kappa shape index (κ1) is 79.6. The van der Waals surface area contributed by atoms with E-state index in [2.05, 4.69) is 133 Å². The van der Waals surface area contributed by atoms with E-state index < -0.39 is 12.4 Å². The molecule has 498 valence electrons. The molecule has 0 N–H and O–H groups in total. The number of ether oxygens (including phenoxy) is 2. The summed E-state index contributed by atoms with van der Waals surface area (Å²) in [5.74, 6) is 0. The second-order valence-corrected chi connectivity index (χ2v) is 35.8. The summed E-state index contributed by atoms with van der Waals surface area (Å²) in [6.45, 7) is 22.9. The first-order chi connectivity index (χ1) is 46.1. The molecule has 96 heavy (non-hydrogen) atoms. The zero-order chi connectivity index (χ0) is 70.1. The standard InChI is InChI=1S/C28H32BrO2P.2C20H24O2.C18H15OP/c1-23(27-30-21-28(2,3)22-31-27)19-20-32(29,24-13-7-4-8-14-24,25-15-9-5-10-16-25)26-17-11-6-12-18-26;2*1-17(11-7-13-19(3)15-21)9-5-6-10-18(2)12-8-14-20(4)16-22;19-20(16-10-4-1-5-11-16,17-12-6-2-7-13-17)18-14-8-3-9-15-18/h4-19,27H,20-22H2,1-3H3;2*5-16H,1-4H3;1-15H/b23-19+;2*6-5+,11-7+,12-8+,17-9+,18-10+,19-13+,20-14+;. The van der Waals surface area contributed by atoms with Gasteiger partial charge >= 0.3 is 201 Å². The number of hydrogen-bond donors (Lipinski definition) is 0. The number of carbonyl (C=O) groups excluding carboxylic acids is 4. The molecule has 0 radical (unpaired) electrons. The SMILES string of the molecule is C/C(=C\CP(Br)(c1ccccc1)(c1ccccc1)c1ccccc1)C1OCC(C)(C)CO1.C\C(C=O)=C/C=C/C(C)=C/C=C/C=C(C)/C=C/C=C(\C)C=O.C\C(C=O)=C/C=C/C(C)=C/C=C/C=C(C)/C=C/C=C(\C)C=O.O=P(c1ccccc1)(c1ccccc1)c1ccccc1. The van der Waals surface area contributed by atoms with Gasteiger partial charge in [-0.1, -0.05) is 235 Å². The van der Waals surface area contributed by atoms with Crippen LogP contribution in [-0.4, -0.2) is 50.8 Å². The van der Waals surface area contributed by atoms with Gasteiger partial charge in [0, 0.05) is 15.9 Å². The minimum atomic E-state index is -2.97. The number of aldehydes is 4. The summed E-state index contributed by atoms with van der Waals surface area (Å²) in [4.78, 5) is 41.7. The Balaban J connectivity index is 0.000000278. The molecule has 6 aromatic rings. The fraction of sp³-hybridized carbons (Fsp3) is 0.186.